The van der Waals surface area contributed by atoms with Crippen molar-refractivity contribution in [3.8, 4) is 0 Å². The summed E-state index contributed by atoms with van der Waals surface area (Å²) in [6.45, 7) is 4.86. The summed E-state index contributed by atoms with van der Waals surface area (Å²) < 4.78 is 13.9. The van der Waals surface area contributed by atoms with Gasteiger partial charge in [0.05, 0.1) is 4.47 Å². The first kappa shape index (κ1) is 15.9. The molecular weight excluding hydrogens is 321 g/mol. The van der Waals surface area contributed by atoms with Crippen molar-refractivity contribution in [1.82, 2.24) is 9.80 Å². The van der Waals surface area contributed by atoms with E-state index in [1.165, 1.54) is 6.07 Å². The number of nitrogens with zero attached hydrogens (tertiary/aromatic N) is 2. The normalized spacial score (nSPS) is 25.4. The van der Waals surface area contributed by atoms with Gasteiger partial charge in [-0.1, -0.05) is 13.0 Å². The van der Waals surface area contributed by atoms with Crippen LogP contribution in [0.4, 0.5) is 4.39 Å². The highest BCUT2D eigenvalue weighted by Gasteiger charge is 2.34. The van der Waals surface area contributed by atoms with Crippen LogP contribution in [0.1, 0.15) is 18.5 Å². The molecule has 0 amide bonds. The summed E-state index contributed by atoms with van der Waals surface area (Å²) in [5.41, 5.74) is 7.05. The number of likely N-dealkylation sites (tertiary alicyclic amines) is 1. The third-order valence-electron chi connectivity index (χ3n) is 4.26. The lowest BCUT2D eigenvalue weighted by molar-refractivity contribution is 0.219. The van der Waals surface area contributed by atoms with Gasteiger partial charge in [-0.3, -0.25) is 4.90 Å². The largest absolute Gasteiger partial charge is 0.329 e. The van der Waals surface area contributed by atoms with Gasteiger partial charge in [-0.2, -0.15) is 0 Å². The molecule has 1 aromatic rings. The quantitative estimate of drug-likeness (QED) is 0.911. The van der Waals surface area contributed by atoms with Crippen LogP contribution in [0.5, 0.6) is 0 Å². The van der Waals surface area contributed by atoms with Gasteiger partial charge >= 0.3 is 0 Å². The molecule has 0 aromatic heterocycles. The monoisotopic (exact) mass is 343 g/mol. The molecule has 0 radical (unpaired) electrons. The Morgan fingerprint density at radius 1 is 1.45 bits per heavy atom. The van der Waals surface area contributed by atoms with Crippen molar-refractivity contribution < 1.29 is 4.39 Å². The molecule has 20 heavy (non-hydrogen) atoms. The lowest BCUT2D eigenvalue weighted by Crippen LogP contribution is -2.36. The van der Waals surface area contributed by atoms with Gasteiger partial charge in [0.1, 0.15) is 5.82 Å². The van der Waals surface area contributed by atoms with Crippen LogP contribution in [0.25, 0.3) is 0 Å². The molecule has 1 heterocycles. The lowest BCUT2D eigenvalue weighted by atomic mass is 10.1. The minimum absolute atomic E-state index is 0.152. The number of nitrogens with two attached hydrogens (primary N) is 1. The molecule has 1 aliphatic heterocycles. The fourth-order valence-electron chi connectivity index (χ4n) is 3.13. The first-order valence-electron chi connectivity index (χ1n) is 6.99. The Kier molecular flexibility index (Phi) is 5.18. The van der Waals surface area contributed by atoms with Gasteiger partial charge in [-0.25, -0.2) is 4.39 Å². The zero-order chi connectivity index (χ0) is 14.9. The van der Waals surface area contributed by atoms with E-state index in [1.807, 2.05) is 12.1 Å². The molecule has 2 rings (SSSR count). The minimum atomic E-state index is -0.231. The Labute approximate surface area is 129 Å². The number of hydrogen-bond acceptors (Lipinski definition) is 3. The number of likely N-dealkylation sites (N-methyl/N-ethyl adjacent to an activating group) is 1. The van der Waals surface area contributed by atoms with Crippen molar-refractivity contribution in [2.45, 2.75) is 19.0 Å². The summed E-state index contributed by atoms with van der Waals surface area (Å²) in [6.07, 6.45) is 0. The van der Waals surface area contributed by atoms with Gasteiger partial charge in [0.2, 0.25) is 0 Å². The van der Waals surface area contributed by atoms with E-state index in [4.69, 9.17) is 5.73 Å². The van der Waals surface area contributed by atoms with Crippen LogP contribution in [-0.4, -0.2) is 49.6 Å². The van der Waals surface area contributed by atoms with Gasteiger partial charge in [0.25, 0.3) is 0 Å². The number of hydrogen-bond donors (Lipinski definition) is 1. The smallest absolute Gasteiger partial charge is 0.137 e. The average molecular weight is 344 g/mol. The van der Waals surface area contributed by atoms with E-state index < -0.39 is 0 Å². The highest BCUT2D eigenvalue weighted by Crippen LogP contribution is 2.30. The molecule has 3 unspecified atom stereocenters. The average Bonchev–Trinajstić information content (AvgIpc) is 2.77. The molecule has 2 N–H and O–H groups in total. The predicted molar refractivity (Wildman–Crippen MR) is 84.1 cm³/mol. The molecule has 3 nitrogen and oxygen atoms in total. The maximum Gasteiger partial charge on any atom is 0.137 e. The van der Waals surface area contributed by atoms with E-state index in [9.17, 15) is 4.39 Å². The summed E-state index contributed by atoms with van der Waals surface area (Å²) in [4.78, 5) is 4.69. The second kappa shape index (κ2) is 6.52. The van der Waals surface area contributed by atoms with Crippen molar-refractivity contribution in [3.63, 3.8) is 0 Å². The van der Waals surface area contributed by atoms with Gasteiger partial charge in [0, 0.05) is 31.7 Å². The Morgan fingerprint density at radius 2 is 2.15 bits per heavy atom. The van der Waals surface area contributed by atoms with Crippen molar-refractivity contribution in [3.05, 3.63) is 34.1 Å². The summed E-state index contributed by atoms with van der Waals surface area (Å²) in [6, 6.07) is 5.89. The van der Waals surface area contributed by atoms with E-state index in [2.05, 4.69) is 46.7 Å². The third-order valence-corrected chi connectivity index (χ3v) is 4.86. The molecule has 5 heteroatoms. The molecule has 0 saturated carbocycles. The van der Waals surface area contributed by atoms with Gasteiger partial charge < -0.3 is 10.6 Å². The second-order valence-electron chi connectivity index (χ2n) is 5.89. The standard InChI is InChI=1S/C15H23BrFN3/c1-10-8-20(9-15(10)19(2)3)14(7-18)11-4-5-13(17)12(16)6-11/h4-6,10,14-15H,7-9,18H2,1-3H3. The molecule has 112 valence electrons. The summed E-state index contributed by atoms with van der Waals surface area (Å²) in [5.74, 6) is 0.383. The molecule has 3 atom stereocenters. The van der Waals surface area contributed by atoms with Crippen LogP contribution < -0.4 is 5.73 Å². The number of rotatable bonds is 4. The maximum absolute atomic E-state index is 13.4. The fourth-order valence-corrected chi connectivity index (χ4v) is 3.53. The molecule has 1 aliphatic rings. The lowest BCUT2D eigenvalue weighted by Gasteiger charge is -2.28. The van der Waals surface area contributed by atoms with Crippen LogP contribution in [0, 0.1) is 11.7 Å². The Balaban J connectivity index is 2.18. The first-order valence-corrected chi connectivity index (χ1v) is 7.78. The first-order chi connectivity index (χ1) is 9.43. The number of halogens is 2. The highest BCUT2D eigenvalue weighted by atomic mass is 79.9. The summed E-state index contributed by atoms with van der Waals surface area (Å²) >= 11 is 3.26. The van der Waals surface area contributed by atoms with E-state index in [1.54, 1.807) is 0 Å². The van der Waals surface area contributed by atoms with E-state index in [0.29, 0.717) is 23.0 Å². The fraction of sp³-hybridized carbons (Fsp3) is 0.600. The Hall–Kier alpha value is -0.490. The topological polar surface area (TPSA) is 32.5 Å². The molecule has 1 saturated heterocycles. The molecule has 0 spiro atoms. The van der Waals surface area contributed by atoms with Crippen molar-refractivity contribution in [2.24, 2.45) is 11.7 Å². The van der Waals surface area contributed by atoms with Crippen molar-refractivity contribution in [2.75, 3.05) is 33.7 Å². The van der Waals surface area contributed by atoms with Gasteiger partial charge in [0.15, 0.2) is 0 Å². The van der Waals surface area contributed by atoms with Crippen LogP contribution in [0.2, 0.25) is 0 Å². The van der Waals surface area contributed by atoms with Crippen molar-refractivity contribution >= 4 is 15.9 Å². The van der Waals surface area contributed by atoms with Crippen LogP contribution in [-0.2, 0) is 0 Å². The maximum atomic E-state index is 13.4. The molecule has 1 aromatic carbocycles. The minimum Gasteiger partial charge on any atom is -0.329 e. The second-order valence-corrected chi connectivity index (χ2v) is 6.74. The predicted octanol–water partition coefficient (Wildman–Crippen LogP) is 2.47. The zero-order valence-electron chi connectivity index (χ0n) is 12.3. The van der Waals surface area contributed by atoms with Crippen molar-refractivity contribution in [1.29, 1.82) is 0 Å². The van der Waals surface area contributed by atoms with E-state index in [0.717, 1.165) is 18.7 Å². The van der Waals surface area contributed by atoms with E-state index in [-0.39, 0.29) is 11.9 Å². The van der Waals surface area contributed by atoms with E-state index >= 15 is 0 Å². The molecule has 0 bridgehead atoms. The molecular formula is C15H23BrFN3. The van der Waals surface area contributed by atoms with Crippen LogP contribution >= 0.6 is 15.9 Å². The summed E-state index contributed by atoms with van der Waals surface area (Å²) in [5, 5.41) is 0. The zero-order valence-corrected chi connectivity index (χ0v) is 13.9. The van der Waals surface area contributed by atoms with Gasteiger partial charge in [-0.05, 0) is 53.6 Å². The summed E-state index contributed by atoms with van der Waals surface area (Å²) in [7, 11) is 4.24. The van der Waals surface area contributed by atoms with Gasteiger partial charge in [-0.15, -0.1) is 0 Å². The highest BCUT2D eigenvalue weighted by molar-refractivity contribution is 9.10. The molecule has 1 fully saturated rings. The SMILES string of the molecule is CC1CN(C(CN)c2ccc(F)c(Br)c2)CC1N(C)C. The van der Waals surface area contributed by atoms with Crippen LogP contribution in [0.3, 0.4) is 0 Å². The Bertz CT molecular complexity index is 466. The number of benzene rings is 1. The third kappa shape index (κ3) is 3.22. The van der Waals surface area contributed by atoms with Crippen LogP contribution in [0.15, 0.2) is 22.7 Å². The Morgan fingerprint density at radius 3 is 2.65 bits per heavy atom. The molecule has 0 aliphatic carbocycles.